The first-order valence-electron chi connectivity index (χ1n) is 7.78. The summed E-state index contributed by atoms with van der Waals surface area (Å²) in [6.45, 7) is 3.30. The first kappa shape index (κ1) is 15.1. The maximum absolute atomic E-state index is 5.57. The summed E-state index contributed by atoms with van der Waals surface area (Å²) in [5.74, 6) is 1.87. The van der Waals surface area contributed by atoms with Crippen molar-refractivity contribution < 1.29 is 13.9 Å². The average molecular weight is 301 g/mol. The van der Waals surface area contributed by atoms with Crippen LogP contribution < -0.4 is 10.1 Å². The second kappa shape index (κ2) is 6.99. The monoisotopic (exact) mass is 301 g/mol. The summed E-state index contributed by atoms with van der Waals surface area (Å²) < 4.78 is 16.2. The highest BCUT2D eigenvalue weighted by Crippen LogP contribution is 2.35. The molecule has 1 aromatic heterocycles. The third-order valence-corrected chi connectivity index (χ3v) is 4.50. The maximum Gasteiger partial charge on any atom is 0.118 e. The van der Waals surface area contributed by atoms with Crippen LogP contribution in [0.25, 0.3) is 0 Å². The van der Waals surface area contributed by atoms with Gasteiger partial charge in [0.1, 0.15) is 11.5 Å². The Balaban J connectivity index is 1.71. The van der Waals surface area contributed by atoms with Crippen LogP contribution >= 0.6 is 0 Å². The number of ether oxygens (including phenoxy) is 2. The van der Waals surface area contributed by atoms with Crippen molar-refractivity contribution in [3.8, 4) is 5.75 Å². The van der Waals surface area contributed by atoms with Gasteiger partial charge in [0, 0.05) is 25.2 Å². The highest BCUT2D eigenvalue weighted by Gasteiger charge is 2.34. The van der Waals surface area contributed by atoms with Crippen LogP contribution in [0.1, 0.15) is 24.2 Å². The van der Waals surface area contributed by atoms with Crippen molar-refractivity contribution in [2.75, 3.05) is 26.9 Å². The van der Waals surface area contributed by atoms with Gasteiger partial charge in [0.25, 0.3) is 0 Å². The third-order valence-electron chi connectivity index (χ3n) is 4.50. The Bertz CT molecular complexity index is 557. The summed E-state index contributed by atoms with van der Waals surface area (Å²) in [4.78, 5) is 0. The molecule has 2 aromatic rings. The van der Waals surface area contributed by atoms with Crippen molar-refractivity contribution in [1.29, 1.82) is 0 Å². The van der Waals surface area contributed by atoms with E-state index in [1.807, 2.05) is 24.3 Å². The molecule has 1 N–H and O–H groups in total. The Morgan fingerprint density at radius 2 is 1.91 bits per heavy atom. The zero-order valence-corrected chi connectivity index (χ0v) is 13.0. The van der Waals surface area contributed by atoms with Crippen LogP contribution in [0.3, 0.4) is 0 Å². The fraction of sp³-hybridized carbons (Fsp3) is 0.444. The summed E-state index contributed by atoms with van der Waals surface area (Å²) in [6.07, 6.45) is 3.78. The molecule has 3 rings (SSSR count). The molecule has 4 heteroatoms. The molecule has 118 valence electrons. The van der Waals surface area contributed by atoms with Gasteiger partial charge in [0.05, 0.1) is 19.9 Å². The van der Waals surface area contributed by atoms with E-state index in [9.17, 15) is 0 Å². The van der Waals surface area contributed by atoms with Gasteiger partial charge in [-0.25, -0.2) is 0 Å². The van der Waals surface area contributed by atoms with Crippen LogP contribution in [0.15, 0.2) is 47.1 Å². The molecule has 22 heavy (non-hydrogen) atoms. The van der Waals surface area contributed by atoms with Gasteiger partial charge < -0.3 is 19.2 Å². The zero-order valence-electron chi connectivity index (χ0n) is 13.0. The van der Waals surface area contributed by atoms with E-state index in [1.54, 1.807) is 13.4 Å². The van der Waals surface area contributed by atoms with Crippen molar-refractivity contribution in [1.82, 2.24) is 5.32 Å². The Hall–Kier alpha value is -1.78. The molecule has 4 nitrogen and oxygen atoms in total. The van der Waals surface area contributed by atoms with E-state index >= 15 is 0 Å². The van der Waals surface area contributed by atoms with E-state index in [2.05, 4.69) is 17.4 Å². The van der Waals surface area contributed by atoms with Gasteiger partial charge in [-0.2, -0.15) is 0 Å². The van der Waals surface area contributed by atoms with Crippen LogP contribution in [-0.4, -0.2) is 26.9 Å². The molecule has 1 aliphatic rings. The van der Waals surface area contributed by atoms with E-state index < -0.39 is 0 Å². The van der Waals surface area contributed by atoms with Crippen LogP contribution in [0.2, 0.25) is 0 Å². The van der Waals surface area contributed by atoms with E-state index in [0.29, 0.717) is 0 Å². The number of hydrogen-bond donors (Lipinski definition) is 1. The predicted molar refractivity (Wildman–Crippen MR) is 85.1 cm³/mol. The number of methoxy groups -OCH3 is 1. The minimum Gasteiger partial charge on any atom is -0.497 e. The summed E-state index contributed by atoms with van der Waals surface area (Å²) in [6, 6.07) is 12.4. The fourth-order valence-electron chi connectivity index (χ4n) is 3.11. The Kier molecular flexibility index (Phi) is 4.80. The molecule has 0 saturated carbocycles. The van der Waals surface area contributed by atoms with E-state index in [1.165, 1.54) is 5.56 Å². The molecular weight excluding hydrogens is 278 g/mol. The molecule has 0 amide bonds. The molecule has 0 spiro atoms. The molecule has 2 heterocycles. The maximum atomic E-state index is 5.57. The van der Waals surface area contributed by atoms with Gasteiger partial charge in [-0.3, -0.25) is 0 Å². The lowest BCUT2D eigenvalue weighted by Crippen LogP contribution is -2.42. The SMILES string of the molecule is COc1ccc(C2(CNCc3ccco3)CCOCC2)cc1. The second-order valence-electron chi connectivity index (χ2n) is 5.80. The number of rotatable bonds is 6. The van der Waals surface area contributed by atoms with Crippen molar-refractivity contribution in [2.45, 2.75) is 24.8 Å². The molecular formula is C18H23NO3. The van der Waals surface area contributed by atoms with Crippen LogP contribution in [-0.2, 0) is 16.7 Å². The minimum absolute atomic E-state index is 0.122. The van der Waals surface area contributed by atoms with Crippen molar-refractivity contribution in [2.24, 2.45) is 0 Å². The van der Waals surface area contributed by atoms with Gasteiger partial charge >= 0.3 is 0 Å². The first-order chi connectivity index (χ1) is 10.8. The highest BCUT2D eigenvalue weighted by atomic mass is 16.5. The van der Waals surface area contributed by atoms with Gasteiger partial charge in [-0.05, 0) is 42.7 Å². The largest absolute Gasteiger partial charge is 0.497 e. The van der Waals surface area contributed by atoms with Gasteiger partial charge in [0.2, 0.25) is 0 Å². The lowest BCUT2D eigenvalue weighted by atomic mass is 9.74. The lowest BCUT2D eigenvalue weighted by molar-refractivity contribution is 0.0496. The Labute approximate surface area is 131 Å². The van der Waals surface area contributed by atoms with Crippen molar-refractivity contribution in [3.63, 3.8) is 0 Å². The fourth-order valence-corrected chi connectivity index (χ4v) is 3.11. The summed E-state index contributed by atoms with van der Waals surface area (Å²) >= 11 is 0. The van der Waals surface area contributed by atoms with Crippen LogP contribution in [0.4, 0.5) is 0 Å². The Morgan fingerprint density at radius 1 is 1.14 bits per heavy atom. The molecule has 1 saturated heterocycles. The Morgan fingerprint density at radius 3 is 2.55 bits per heavy atom. The van der Waals surface area contributed by atoms with Crippen LogP contribution in [0, 0.1) is 0 Å². The highest BCUT2D eigenvalue weighted by molar-refractivity contribution is 5.33. The molecule has 0 unspecified atom stereocenters. The molecule has 1 aliphatic heterocycles. The average Bonchev–Trinajstić information content (AvgIpc) is 3.09. The number of nitrogens with one attached hydrogen (secondary N) is 1. The van der Waals surface area contributed by atoms with E-state index in [-0.39, 0.29) is 5.41 Å². The smallest absolute Gasteiger partial charge is 0.118 e. The second-order valence-corrected chi connectivity index (χ2v) is 5.80. The lowest BCUT2D eigenvalue weighted by Gasteiger charge is -2.38. The quantitative estimate of drug-likeness (QED) is 0.890. The topological polar surface area (TPSA) is 43.6 Å². The number of benzene rings is 1. The zero-order chi connectivity index (χ0) is 15.3. The molecule has 0 aliphatic carbocycles. The normalized spacial score (nSPS) is 17.3. The number of hydrogen-bond acceptors (Lipinski definition) is 4. The summed E-state index contributed by atoms with van der Waals surface area (Å²) in [5.41, 5.74) is 1.47. The van der Waals surface area contributed by atoms with Crippen LogP contribution in [0.5, 0.6) is 5.75 Å². The first-order valence-corrected chi connectivity index (χ1v) is 7.78. The van der Waals surface area contributed by atoms with Gasteiger partial charge in [-0.15, -0.1) is 0 Å². The standard InChI is InChI=1S/C18H23NO3/c1-20-16-6-4-15(5-7-16)18(8-11-21-12-9-18)14-19-13-17-3-2-10-22-17/h2-7,10,19H,8-9,11-14H2,1H3. The van der Waals surface area contributed by atoms with Gasteiger partial charge in [-0.1, -0.05) is 12.1 Å². The van der Waals surface area contributed by atoms with E-state index in [0.717, 1.165) is 50.7 Å². The van der Waals surface area contributed by atoms with Crippen molar-refractivity contribution in [3.05, 3.63) is 54.0 Å². The molecule has 0 bridgehead atoms. The van der Waals surface area contributed by atoms with Gasteiger partial charge in [0.15, 0.2) is 0 Å². The van der Waals surface area contributed by atoms with E-state index in [4.69, 9.17) is 13.9 Å². The minimum atomic E-state index is 0.122. The summed E-state index contributed by atoms with van der Waals surface area (Å²) in [5, 5.41) is 3.54. The van der Waals surface area contributed by atoms with Crippen molar-refractivity contribution >= 4 is 0 Å². The molecule has 1 aromatic carbocycles. The molecule has 0 radical (unpaired) electrons. The third kappa shape index (κ3) is 3.34. The number of furan rings is 1. The molecule has 1 fully saturated rings. The predicted octanol–water partition coefficient (Wildman–Crippen LogP) is 3.13. The molecule has 0 atom stereocenters. The summed E-state index contributed by atoms with van der Waals surface area (Å²) in [7, 11) is 1.70.